The van der Waals surface area contributed by atoms with Crippen molar-refractivity contribution in [3.63, 3.8) is 0 Å². The van der Waals surface area contributed by atoms with Crippen molar-refractivity contribution in [2.24, 2.45) is 0 Å². The largest absolute Gasteiger partial charge is 0.395 e. The molecular formula is C12H26OS. The fraction of sp³-hybridized carbons (Fsp3) is 1.00. The van der Waals surface area contributed by atoms with E-state index in [-0.39, 0.29) is 0 Å². The molecule has 0 radical (unpaired) electrons. The molecule has 0 fully saturated rings. The average molecular weight is 218 g/mol. The maximum absolute atomic E-state index is 8.98. The van der Waals surface area contributed by atoms with E-state index < -0.39 is 0 Å². The minimum Gasteiger partial charge on any atom is -0.395 e. The molecule has 0 aromatic carbocycles. The second-order valence-corrected chi connectivity index (χ2v) is 5.26. The van der Waals surface area contributed by atoms with Gasteiger partial charge >= 0.3 is 0 Å². The zero-order valence-corrected chi connectivity index (χ0v) is 10.6. The van der Waals surface area contributed by atoms with E-state index in [0.29, 0.717) is 11.9 Å². The molecule has 2 heteroatoms. The molecule has 86 valence electrons. The van der Waals surface area contributed by atoms with Crippen LogP contribution in [0, 0.1) is 0 Å². The summed E-state index contributed by atoms with van der Waals surface area (Å²) in [7, 11) is 0. The molecular weight excluding hydrogens is 192 g/mol. The highest BCUT2D eigenvalue weighted by Gasteiger charge is 2.03. The number of hydrogen-bond acceptors (Lipinski definition) is 2. The number of aliphatic hydroxyl groups is 1. The van der Waals surface area contributed by atoms with Gasteiger partial charge in [-0.05, 0) is 18.6 Å². The molecule has 0 saturated heterocycles. The van der Waals surface area contributed by atoms with Crippen molar-refractivity contribution in [1.82, 2.24) is 0 Å². The van der Waals surface area contributed by atoms with Crippen LogP contribution in [0.25, 0.3) is 0 Å². The molecule has 0 spiro atoms. The molecule has 0 rings (SSSR count). The molecule has 0 aliphatic heterocycles. The summed E-state index contributed by atoms with van der Waals surface area (Å²) < 4.78 is 0. The van der Waals surface area contributed by atoms with Gasteiger partial charge in [-0.15, -0.1) is 0 Å². The molecule has 0 amide bonds. The first-order valence-corrected chi connectivity index (χ1v) is 7.12. The highest BCUT2D eigenvalue weighted by atomic mass is 32.2. The Hall–Kier alpha value is 0.310. The Labute approximate surface area is 93.7 Å². The molecule has 0 saturated carbocycles. The van der Waals surface area contributed by atoms with Gasteiger partial charge in [0.05, 0.1) is 6.61 Å². The van der Waals surface area contributed by atoms with Gasteiger partial charge in [0.15, 0.2) is 0 Å². The van der Waals surface area contributed by atoms with E-state index in [1.807, 2.05) is 11.8 Å². The van der Waals surface area contributed by atoms with Crippen molar-refractivity contribution < 1.29 is 5.11 Å². The smallest absolute Gasteiger partial charge is 0.0549 e. The molecule has 0 aliphatic rings. The maximum Gasteiger partial charge on any atom is 0.0549 e. The normalized spacial score (nSPS) is 13.1. The Morgan fingerprint density at radius 2 is 1.64 bits per heavy atom. The average Bonchev–Trinajstić information content (AvgIpc) is 2.22. The van der Waals surface area contributed by atoms with Crippen molar-refractivity contribution >= 4 is 11.8 Å². The molecule has 1 unspecified atom stereocenters. The lowest BCUT2D eigenvalue weighted by Crippen LogP contribution is -2.07. The van der Waals surface area contributed by atoms with Crippen LogP contribution in [-0.2, 0) is 0 Å². The Morgan fingerprint density at radius 1 is 1.00 bits per heavy atom. The summed E-state index contributed by atoms with van der Waals surface area (Å²) >= 11 is 1.94. The van der Waals surface area contributed by atoms with Crippen molar-refractivity contribution in [3.05, 3.63) is 0 Å². The van der Waals surface area contributed by atoms with Crippen molar-refractivity contribution in [3.8, 4) is 0 Å². The molecule has 1 nitrogen and oxygen atoms in total. The van der Waals surface area contributed by atoms with Crippen LogP contribution >= 0.6 is 11.8 Å². The van der Waals surface area contributed by atoms with E-state index in [2.05, 4.69) is 13.8 Å². The van der Waals surface area contributed by atoms with E-state index in [1.165, 1.54) is 44.3 Å². The van der Waals surface area contributed by atoms with Gasteiger partial charge in [-0.1, -0.05) is 46.0 Å². The predicted octanol–water partition coefficient (Wildman–Crippen LogP) is 3.85. The highest BCUT2D eigenvalue weighted by Crippen LogP contribution is 2.16. The molecule has 0 aromatic heterocycles. The molecule has 0 aliphatic carbocycles. The fourth-order valence-corrected chi connectivity index (χ4v) is 2.48. The van der Waals surface area contributed by atoms with Crippen LogP contribution in [0.3, 0.4) is 0 Å². The zero-order chi connectivity index (χ0) is 10.6. The summed E-state index contributed by atoms with van der Waals surface area (Å²) in [5.41, 5.74) is 0. The van der Waals surface area contributed by atoms with Gasteiger partial charge < -0.3 is 5.11 Å². The molecule has 0 heterocycles. The number of thioether (sulfide) groups is 1. The highest BCUT2D eigenvalue weighted by molar-refractivity contribution is 7.99. The first kappa shape index (κ1) is 14.3. The minimum absolute atomic E-state index is 0.344. The third-order valence-electron chi connectivity index (χ3n) is 2.51. The molecule has 1 N–H and O–H groups in total. The Morgan fingerprint density at radius 3 is 2.21 bits per heavy atom. The summed E-state index contributed by atoms with van der Waals surface area (Å²) in [5, 5.41) is 9.46. The van der Waals surface area contributed by atoms with Crippen LogP contribution in [0.2, 0.25) is 0 Å². The van der Waals surface area contributed by atoms with Crippen LogP contribution in [0.1, 0.15) is 58.8 Å². The number of unbranched alkanes of at least 4 members (excludes halogenated alkanes) is 5. The summed E-state index contributed by atoms with van der Waals surface area (Å²) in [6, 6.07) is 0. The van der Waals surface area contributed by atoms with Crippen LogP contribution in [-0.4, -0.2) is 22.7 Å². The summed E-state index contributed by atoms with van der Waals surface area (Å²) in [4.78, 5) is 0. The van der Waals surface area contributed by atoms with E-state index in [9.17, 15) is 0 Å². The predicted molar refractivity (Wildman–Crippen MR) is 67.0 cm³/mol. The summed E-state index contributed by atoms with van der Waals surface area (Å²) in [5.74, 6) is 1.23. The second kappa shape index (κ2) is 11.4. The third kappa shape index (κ3) is 8.89. The Balaban J connectivity index is 3.04. The molecule has 0 aromatic rings. The van der Waals surface area contributed by atoms with Crippen LogP contribution < -0.4 is 0 Å². The molecule has 1 atom stereocenters. The minimum atomic E-state index is 0.344. The Kier molecular flexibility index (Phi) is 11.6. The van der Waals surface area contributed by atoms with Crippen LogP contribution in [0.4, 0.5) is 0 Å². The number of rotatable bonds is 10. The lowest BCUT2D eigenvalue weighted by Gasteiger charge is -2.10. The summed E-state index contributed by atoms with van der Waals surface area (Å²) in [6.45, 7) is 4.75. The van der Waals surface area contributed by atoms with E-state index in [0.717, 1.165) is 6.42 Å². The topological polar surface area (TPSA) is 20.2 Å². The van der Waals surface area contributed by atoms with Gasteiger partial charge in [0.2, 0.25) is 0 Å². The fourth-order valence-electron chi connectivity index (χ4n) is 1.43. The number of aliphatic hydroxyl groups excluding tert-OH is 1. The maximum atomic E-state index is 8.98. The lowest BCUT2D eigenvalue weighted by molar-refractivity contribution is 0.292. The second-order valence-electron chi connectivity index (χ2n) is 3.85. The quantitative estimate of drug-likeness (QED) is 0.562. The van der Waals surface area contributed by atoms with Gasteiger partial charge in [-0.25, -0.2) is 0 Å². The summed E-state index contributed by atoms with van der Waals surface area (Å²) in [6.07, 6.45) is 9.30. The van der Waals surface area contributed by atoms with Crippen LogP contribution in [0.5, 0.6) is 0 Å². The number of hydrogen-bond donors (Lipinski definition) is 1. The molecule has 14 heavy (non-hydrogen) atoms. The lowest BCUT2D eigenvalue weighted by atomic mass is 10.1. The van der Waals surface area contributed by atoms with E-state index in [1.54, 1.807) is 0 Å². The van der Waals surface area contributed by atoms with E-state index >= 15 is 0 Å². The van der Waals surface area contributed by atoms with E-state index in [4.69, 9.17) is 5.11 Å². The van der Waals surface area contributed by atoms with Gasteiger partial charge in [0.25, 0.3) is 0 Å². The Bertz CT molecular complexity index is 102. The first-order chi connectivity index (χ1) is 6.85. The van der Waals surface area contributed by atoms with Gasteiger partial charge in [-0.3, -0.25) is 0 Å². The van der Waals surface area contributed by atoms with Crippen molar-refractivity contribution in [2.75, 3.05) is 12.4 Å². The van der Waals surface area contributed by atoms with Crippen LogP contribution in [0.15, 0.2) is 0 Å². The van der Waals surface area contributed by atoms with Gasteiger partial charge in [0.1, 0.15) is 0 Å². The van der Waals surface area contributed by atoms with Gasteiger partial charge in [0, 0.05) is 5.25 Å². The zero-order valence-electron chi connectivity index (χ0n) is 9.80. The van der Waals surface area contributed by atoms with Crippen molar-refractivity contribution in [2.45, 2.75) is 64.0 Å². The van der Waals surface area contributed by atoms with Crippen molar-refractivity contribution in [1.29, 1.82) is 0 Å². The standard InChI is InChI=1S/C12H26OS/c1-3-5-6-7-8-9-10-14-12(4-2)11-13/h12-13H,3-11H2,1-2H3. The molecule has 0 bridgehead atoms. The first-order valence-electron chi connectivity index (χ1n) is 6.07. The van der Waals surface area contributed by atoms with Gasteiger partial charge in [-0.2, -0.15) is 11.8 Å². The third-order valence-corrected chi connectivity index (χ3v) is 3.99. The SMILES string of the molecule is CCCCCCCCSC(CC)CO. The monoisotopic (exact) mass is 218 g/mol.